The topological polar surface area (TPSA) is 12.4 Å². The van der Waals surface area contributed by atoms with E-state index in [-0.39, 0.29) is 50.0 Å². The summed E-state index contributed by atoms with van der Waals surface area (Å²) in [5.74, 6) is 0. The first-order valence-electron chi connectivity index (χ1n) is 14.9. The van der Waals surface area contributed by atoms with Gasteiger partial charge in [0.1, 0.15) is 0 Å². The molecule has 0 atom stereocenters. The Morgan fingerprint density at radius 3 is 1.37 bits per heavy atom. The van der Waals surface area contributed by atoms with E-state index in [1.165, 1.54) is 33.5 Å². The van der Waals surface area contributed by atoms with Crippen LogP contribution in [0.5, 0.6) is 0 Å². The first-order valence-corrected chi connectivity index (χ1v) is 27.9. The number of nitrogens with zero attached hydrogens (tertiary/aromatic N) is 1. The van der Waals surface area contributed by atoms with Crippen molar-refractivity contribution in [1.82, 2.24) is 0 Å². The minimum atomic E-state index is -1.77. The molecule has 0 spiro atoms. The Labute approximate surface area is 365 Å². The standard InChI is InChI=1S/C15H12.C10H12.C8H9N.C7H6.6CH3.4ClH.Mo.2Ru/c1-2-15(13-9-5-3-6-10-13)14-11-7-4-8-12-14;1-10(2,3)9-7-5-4-6-8-9;1-6-4-3-5-7(2)8(6)9;1-7-5-3-2-4-6-7;;;;;;;;;;;;;/h1-12H;1,4-8H,2-3H3;3-5H,1-2H3;1-6H;6*1H3;4*1H;;;/q;;;;6*-1;;;;;3*+2/p-4. The van der Waals surface area contributed by atoms with Gasteiger partial charge in [-0.25, -0.2) is 0 Å². The van der Waals surface area contributed by atoms with Gasteiger partial charge in [0.05, 0.1) is 0 Å². The molecule has 0 saturated carbocycles. The normalized spacial score (nSPS) is 9.56. The van der Waals surface area contributed by atoms with Gasteiger partial charge in [-0.15, -0.1) is 0 Å². The molecule has 0 fully saturated rings. The van der Waals surface area contributed by atoms with E-state index < -0.39 is 45.0 Å². The van der Waals surface area contributed by atoms with Crippen molar-refractivity contribution in [3.8, 4) is 0 Å². The maximum absolute atomic E-state index is 5.91. The first-order chi connectivity index (χ1) is 23.1. The molecule has 1 nitrogen and oxygen atoms in total. The molecule has 0 radical (unpaired) electrons. The van der Waals surface area contributed by atoms with E-state index in [1.807, 2.05) is 82.0 Å². The van der Waals surface area contributed by atoms with Crippen LogP contribution in [0.2, 0.25) is 0 Å². The van der Waals surface area contributed by atoms with Gasteiger partial charge < -0.3 is 44.6 Å². The Morgan fingerprint density at radius 1 is 0.556 bits per heavy atom. The number of allylic oxidation sites excluding steroid dienone is 1. The van der Waals surface area contributed by atoms with Crippen molar-refractivity contribution in [2.75, 3.05) is 0 Å². The predicted molar refractivity (Wildman–Crippen MR) is 243 cm³/mol. The van der Waals surface area contributed by atoms with Crippen LogP contribution in [0.4, 0.5) is 5.69 Å². The zero-order valence-corrected chi connectivity index (χ0v) is 41.7. The van der Waals surface area contributed by atoms with E-state index >= 15 is 0 Å². The molecule has 0 bridgehead atoms. The van der Waals surface area contributed by atoms with E-state index in [0.29, 0.717) is 0 Å². The van der Waals surface area contributed by atoms with Crippen LogP contribution in [0, 0.1) is 58.4 Å². The van der Waals surface area contributed by atoms with E-state index in [0.717, 1.165) is 11.1 Å². The van der Waals surface area contributed by atoms with Crippen molar-refractivity contribution in [2.45, 2.75) is 33.1 Å². The molecule has 8 heteroatoms. The van der Waals surface area contributed by atoms with E-state index in [9.17, 15) is 0 Å². The fourth-order valence-corrected chi connectivity index (χ4v) is 9.35. The van der Waals surface area contributed by atoms with Crippen LogP contribution in [0.1, 0.15) is 47.2 Å². The van der Waals surface area contributed by atoms with Gasteiger partial charge in [-0.05, 0) is 0 Å². The zero-order valence-electron chi connectivity index (χ0n) is 33.2. The maximum atomic E-state index is 5.91. The molecule has 5 aromatic rings. The summed E-state index contributed by atoms with van der Waals surface area (Å²) in [7, 11) is 23.1. The number of hydrogen-bond donors (Lipinski definition) is 0. The molecule has 54 heavy (non-hydrogen) atoms. The summed E-state index contributed by atoms with van der Waals surface area (Å²) in [6.07, 6.45) is 2.03. The van der Waals surface area contributed by atoms with Crippen molar-refractivity contribution >= 4 is 63.6 Å². The van der Waals surface area contributed by atoms with Crippen LogP contribution >= 0.6 is 38.8 Å². The van der Waals surface area contributed by atoms with Gasteiger partial charge in [-0.3, -0.25) is 0 Å². The van der Waals surface area contributed by atoms with Gasteiger partial charge in [0.15, 0.2) is 0 Å². The molecule has 0 aliphatic carbocycles. The Kier molecular flexibility index (Phi) is 35.5. The van der Waals surface area contributed by atoms with Gasteiger partial charge >= 0.3 is 324 Å². The summed E-state index contributed by atoms with van der Waals surface area (Å²) >= 11 is -3.88. The van der Waals surface area contributed by atoms with Crippen LogP contribution in [0.15, 0.2) is 149 Å². The quantitative estimate of drug-likeness (QED) is 0.114. The van der Waals surface area contributed by atoms with Gasteiger partial charge in [-0.1, -0.05) is 0 Å². The number of aryl methyl sites for hydroxylation is 2. The monoisotopic (exact) mass is 1070 g/mol. The average Bonchev–Trinajstić information content (AvgIpc) is 3.08. The molecule has 0 N–H and O–H groups in total. The van der Waals surface area contributed by atoms with Crippen LogP contribution in [0.25, 0.3) is 5.57 Å². The molecule has 5 rings (SSSR count). The second-order valence-corrected chi connectivity index (χ2v) is 24.1. The summed E-state index contributed by atoms with van der Waals surface area (Å²) in [5, 5.41) is 0. The van der Waals surface area contributed by atoms with Crippen molar-refractivity contribution in [3.63, 3.8) is 0 Å². The molecule has 0 aromatic heterocycles. The summed E-state index contributed by atoms with van der Waals surface area (Å²) in [6, 6.07) is 47.4. The second kappa shape index (κ2) is 32.4. The molecule has 0 aliphatic rings. The average molecular weight is 1060 g/mol. The number of rotatable bonds is 7. The summed E-state index contributed by atoms with van der Waals surface area (Å²) in [4.78, 5) is 0. The molecule has 0 unspecified atom stereocenters. The summed E-state index contributed by atoms with van der Waals surface area (Å²) in [6.45, 7) is 8.82. The van der Waals surface area contributed by atoms with Crippen LogP contribution < -0.4 is 0 Å². The van der Waals surface area contributed by atoms with Gasteiger partial charge in [-0.2, -0.15) is 0 Å². The Balaban J connectivity index is -0.000000343. The Hall–Kier alpha value is -1.65. The van der Waals surface area contributed by atoms with Gasteiger partial charge in [0.25, 0.3) is 0 Å². The first kappa shape index (κ1) is 59.0. The Morgan fingerprint density at radius 2 is 0.963 bits per heavy atom. The van der Waals surface area contributed by atoms with Crippen LogP contribution in [-0.2, 0) is 50.4 Å². The van der Waals surface area contributed by atoms with Crippen LogP contribution in [-0.4, -0.2) is 13.6 Å². The van der Waals surface area contributed by atoms with Gasteiger partial charge in [0.2, 0.25) is 0 Å². The molecule has 300 valence electrons. The predicted octanol–water partition coefficient (Wildman–Crippen LogP) is 15.3. The van der Waals surface area contributed by atoms with Crippen molar-refractivity contribution in [3.05, 3.63) is 224 Å². The molecule has 0 heterocycles. The Bertz CT molecular complexity index is 1800. The van der Waals surface area contributed by atoms with E-state index in [1.54, 1.807) is 0 Å². The van der Waals surface area contributed by atoms with Crippen LogP contribution in [0.3, 0.4) is 0 Å². The number of halogens is 4. The summed E-state index contributed by atoms with van der Waals surface area (Å²) in [5.41, 5.74) is 9.82. The van der Waals surface area contributed by atoms with E-state index in [2.05, 4.69) is 105 Å². The molecular weight excluding hydrogens is 1010 g/mol. The van der Waals surface area contributed by atoms with Crippen molar-refractivity contribution < 1.29 is 45.0 Å². The van der Waals surface area contributed by atoms with Gasteiger partial charge in [0, 0.05) is 0 Å². The zero-order chi connectivity index (χ0) is 34.8. The number of benzene rings is 5. The second-order valence-electron chi connectivity index (χ2n) is 11.0. The molecule has 5 aromatic carbocycles. The molecule has 0 amide bonds. The fraction of sp³-hybridized carbons (Fsp3) is 0.109. The number of hydrogen-bond acceptors (Lipinski definition) is 1. The third kappa shape index (κ3) is 22.2. The third-order valence-electron chi connectivity index (χ3n) is 6.93. The SMILES string of the molecule is Cc1cccc(C)c1[N]=[Mo+2]=[CH]C(C)(C)c1ccccc1.[CH3-].[CH3-].[CH3-].[CH3-].[CH3-].[CH3-].[Cl][Ru]([Cl])=[CH]C=C(c1ccccc1)c1ccccc1.[Cl][Ru]([Cl])=[CH]c1ccccc1. The fourth-order valence-electron chi connectivity index (χ4n) is 4.40. The summed E-state index contributed by atoms with van der Waals surface area (Å²) < 4.78 is 11.2. The third-order valence-corrected chi connectivity index (χ3v) is 13.0. The molecular formula is C46H57Cl4MoNRu2-4. The molecule has 0 aliphatic heterocycles. The molecule has 0 saturated heterocycles. The van der Waals surface area contributed by atoms with Crippen molar-refractivity contribution in [2.24, 2.45) is 3.50 Å². The van der Waals surface area contributed by atoms with Crippen molar-refractivity contribution in [1.29, 1.82) is 0 Å². The minimum absolute atomic E-state index is 0. The van der Waals surface area contributed by atoms with E-state index in [4.69, 9.17) is 42.3 Å².